The summed E-state index contributed by atoms with van der Waals surface area (Å²) in [5, 5.41) is 13.5. The van der Waals surface area contributed by atoms with Gasteiger partial charge in [-0.25, -0.2) is 0 Å². The smallest absolute Gasteiger partial charge is 0.161 e. The number of nitrogens with one attached hydrogen (secondary N) is 1. The molecule has 1 fully saturated rings. The topological polar surface area (TPSA) is 54.0 Å². The van der Waals surface area contributed by atoms with Crippen LogP contribution in [0.25, 0.3) is 0 Å². The SMILES string of the molecule is COc1cc([C@@H](N2CCNCC2)C(C)(C)CO)ccc1OCc1ccccc1. The van der Waals surface area contributed by atoms with Gasteiger partial charge < -0.3 is 19.9 Å². The summed E-state index contributed by atoms with van der Waals surface area (Å²) >= 11 is 0. The largest absolute Gasteiger partial charge is 0.493 e. The molecule has 0 saturated carbocycles. The molecule has 3 rings (SSSR count). The molecule has 1 aliphatic rings. The molecule has 0 radical (unpaired) electrons. The molecule has 1 atom stereocenters. The zero-order valence-electron chi connectivity index (χ0n) is 17.1. The monoisotopic (exact) mass is 384 g/mol. The molecule has 1 heterocycles. The van der Waals surface area contributed by atoms with E-state index in [0.717, 1.165) is 48.8 Å². The minimum atomic E-state index is -0.269. The molecule has 2 N–H and O–H groups in total. The van der Waals surface area contributed by atoms with Gasteiger partial charge in [0.2, 0.25) is 0 Å². The summed E-state index contributed by atoms with van der Waals surface area (Å²) < 4.78 is 11.6. The number of hydrogen-bond donors (Lipinski definition) is 2. The quantitative estimate of drug-likeness (QED) is 0.732. The second-order valence-corrected chi connectivity index (χ2v) is 8.02. The zero-order valence-corrected chi connectivity index (χ0v) is 17.1. The third-order valence-corrected chi connectivity index (χ3v) is 5.41. The van der Waals surface area contributed by atoms with E-state index in [4.69, 9.17) is 9.47 Å². The minimum Gasteiger partial charge on any atom is -0.493 e. The molecule has 0 bridgehead atoms. The first kappa shape index (κ1) is 20.6. The van der Waals surface area contributed by atoms with Crippen LogP contribution >= 0.6 is 0 Å². The number of nitrogens with zero attached hydrogens (tertiary/aromatic N) is 1. The first-order valence-corrected chi connectivity index (χ1v) is 9.95. The summed E-state index contributed by atoms with van der Waals surface area (Å²) in [6.07, 6.45) is 0. The van der Waals surface area contributed by atoms with Crippen molar-refractivity contribution in [1.29, 1.82) is 0 Å². The fourth-order valence-corrected chi connectivity index (χ4v) is 3.89. The van der Waals surface area contributed by atoms with Crippen molar-refractivity contribution in [3.63, 3.8) is 0 Å². The molecule has 0 spiro atoms. The van der Waals surface area contributed by atoms with E-state index in [-0.39, 0.29) is 18.1 Å². The number of methoxy groups -OCH3 is 1. The first-order valence-electron chi connectivity index (χ1n) is 9.95. The van der Waals surface area contributed by atoms with E-state index in [1.54, 1.807) is 7.11 Å². The van der Waals surface area contributed by atoms with Gasteiger partial charge in [-0.15, -0.1) is 0 Å². The number of aliphatic hydroxyl groups is 1. The van der Waals surface area contributed by atoms with Gasteiger partial charge in [0, 0.05) is 44.2 Å². The molecule has 1 aliphatic heterocycles. The van der Waals surface area contributed by atoms with Crippen molar-refractivity contribution in [2.75, 3.05) is 39.9 Å². The summed E-state index contributed by atoms with van der Waals surface area (Å²) in [7, 11) is 1.67. The lowest BCUT2D eigenvalue weighted by atomic mass is 9.79. The van der Waals surface area contributed by atoms with Crippen LogP contribution in [0.15, 0.2) is 48.5 Å². The molecule has 2 aromatic rings. The molecular formula is C23H32N2O3. The molecule has 0 aromatic heterocycles. The standard InChI is InChI=1S/C23H32N2O3/c1-23(2,17-26)22(25-13-11-24-12-14-25)19-9-10-20(21(15-19)27-3)28-16-18-7-5-4-6-8-18/h4-10,15,22,24,26H,11-14,16-17H2,1-3H3/t22-/m1/s1. The van der Waals surface area contributed by atoms with Crippen molar-refractivity contribution in [1.82, 2.24) is 10.2 Å². The van der Waals surface area contributed by atoms with Crippen molar-refractivity contribution in [2.45, 2.75) is 26.5 Å². The lowest BCUT2D eigenvalue weighted by Crippen LogP contribution is -2.49. The van der Waals surface area contributed by atoms with E-state index in [1.807, 2.05) is 36.4 Å². The molecular weight excluding hydrogens is 352 g/mol. The summed E-state index contributed by atoms with van der Waals surface area (Å²) in [6, 6.07) is 16.4. The van der Waals surface area contributed by atoms with Gasteiger partial charge in [-0.3, -0.25) is 4.90 Å². The summed E-state index contributed by atoms with van der Waals surface area (Å²) in [4.78, 5) is 2.45. The highest BCUT2D eigenvalue weighted by Gasteiger charge is 2.36. The molecule has 5 heteroatoms. The van der Waals surface area contributed by atoms with Gasteiger partial charge in [0.25, 0.3) is 0 Å². The highest BCUT2D eigenvalue weighted by Crippen LogP contribution is 2.41. The van der Waals surface area contributed by atoms with Crippen LogP contribution in [0.5, 0.6) is 11.5 Å². The van der Waals surface area contributed by atoms with Gasteiger partial charge in [0.15, 0.2) is 11.5 Å². The number of aliphatic hydroxyl groups excluding tert-OH is 1. The van der Waals surface area contributed by atoms with E-state index in [9.17, 15) is 5.11 Å². The van der Waals surface area contributed by atoms with Crippen molar-refractivity contribution in [3.05, 3.63) is 59.7 Å². The highest BCUT2D eigenvalue weighted by atomic mass is 16.5. The Bertz CT molecular complexity index is 743. The normalized spacial score (nSPS) is 16.6. The van der Waals surface area contributed by atoms with Crippen LogP contribution in [-0.4, -0.2) is 49.9 Å². The Morgan fingerprint density at radius 3 is 2.43 bits per heavy atom. The van der Waals surface area contributed by atoms with Crippen LogP contribution in [0.3, 0.4) is 0 Å². The maximum Gasteiger partial charge on any atom is 0.161 e. The molecule has 2 aromatic carbocycles. The molecule has 1 saturated heterocycles. The fraction of sp³-hybridized carbons (Fsp3) is 0.478. The van der Waals surface area contributed by atoms with Crippen molar-refractivity contribution < 1.29 is 14.6 Å². The number of piperazine rings is 1. The van der Waals surface area contributed by atoms with Crippen LogP contribution in [0.2, 0.25) is 0 Å². The predicted octanol–water partition coefficient (Wildman–Crippen LogP) is 3.24. The molecule has 152 valence electrons. The highest BCUT2D eigenvalue weighted by molar-refractivity contribution is 5.44. The van der Waals surface area contributed by atoms with Crippen LogP contribution in [0.1, 0.15) is 31.0 Å². The van der Waals surface area contributed by atoms with Gasteiger partial charge in [-0.2, -0.15) is 0 Å². The van der Waals surface area contributed by atoms with Gasteiger partial charge >= 0.3 is 0 Å². The average molecular weight is 385 g/mol. The number of ether oxygens (including phenoxy) is 2. The van der Waals surface area contributed by atoms with E-state index in [2.05, 4.69) is 36.2 Å². The van der Waals surface area contributed by atoms with Crippen LogP contribution in [-0.2, 0) is 6.61 Å². The molecule has 0 unspecified atom stereocenters. The van der Waals surface area contributed by atoms with Crippen molar-refractivity contribution >= 4 is 0 Å². The zero-order chi connectivity index (χ0) is 20.0. The van der Waals surface area contributed by atoms with Gasteiger partial charge in [-0.05, 0) is 23.3 Å². The Balaban J connectivity index is 1.84. The fourth-order valence-electron chi connectivity index (χ4n) is 3.89. The summed E-state index contributed by atoms with van der Waals surface area (Å²) in [5.74, 6) is 1.46. The number of hydrogen-bond acceptors (Lipinski definition) is 5. The Kier molecular flexibility index (Phi) is 6.94. The number of rotatable bonds is 8. The van der Waals surface area contributed by atoms with Gasteiger partial charge in [0.05, 0.1) is 7.11 Å². The Labute approximate surface area is 168 Å². The second-order valence-electron chi connectivity index (χ2n) is 8.02. The van der Waals surface area contributed by atoms with Gasteiger partial charge in [0.1, 0.15) is 6.61 Å². The van der Waals surface area contributed by atoms with Crippen molar-refractivity contribution in [3.8, 4) is 11.5 Å². The average Bonchev–Trinajstić information content (AvgIpc) is 2.74. The third kappa shape index (κ3) is 4.85. The molecule has 5 nitrogen and oxygen atoms in total. The predicted molar refractivity (Wildman–Crippen MR) is 112 cm³/mol. The maximum atomic E-state index is 10.0. The van der Waals surface area contributed by atoms with E-state index < -0.39 is 0 Å². The third-order valence-electron chi connectivity index (χ3n) is 5.41. The first-order chi connectivity index (χ1) is 13.5. The lowest BCUT2D eigenvalue weighted by Gasteiger charge is -2.43. The second kappa shape index (κ2) is 9.41. The molecule has 0 amide bonds. The number of benzene rings is 2. The Morgan fingerprint density at radius 1 is 1.07 bits per heavy atom. The van der Waals surface area contributed by atoms with E-state index in [1.165, 1.54) is 0 Å². The van der Waals surface area contributed by atoms with E-state index >= 15 is 0 Å². The Hall–Kier alpha value is -2.08. The van der Waals surface area contributed by atoms with Crippen molar-refractivity contribution in [2.24, 2.45) is 5.41 Å². The van der Waals surface area contributed by atoms with Crippen LogP contribution in [0, 0.1) is 5.41 Å². The lowest BCUT2D eigenvalue weighted by molar-refractivity contribution is 0.0304. The maximum absolute atomic E-state index is 10.0. The van der Waals surface area contributed by atoms with E-state index in [0.29, 0.717) is 6.61 Å². The van der Waals surface area contributed by atoms with Crippen LogP contribution in [0.4, 0.5) is 0 Å². The minimum absolute atomic E-state index is 0.108. The molecule has 28 heavy (non-hydrogen) atoms. The van der Waals surface area contributed by atoms with Gasteiger partial charge in [-0.1, -0.05) is 50.2 Å². The summed E-state index contributed by atoms with van der Waals surface area (Å²) in [6.45, 7) is 8.71. The Morgan fingerprint density at radius 2 is 1.79 bits per heavy atom. The van der Waals surface area contributed by atoms with Crippen LogP contribution < -0.4 is 14.8 Å². The molecule has 0 aliphatic carbocycles. The summed E-state index contributed by atoms with van der Waals surface area (Å²) in [5.41, 5.74) is 1.99.